The number of methoxy groups -OCH3 is 1. The molecule has 1 heterocycles. The summed E-state index contributed by atoms with van der Waals surface area (Å²) < 4.78 is 45.9. The molecule has 0 aliphatic carbocycles. The summed E-state index contributed by atoms with van der Waals surface area (Å²) >= 11 is 0. The Bertz CT molecular complexity index is 936. The molecule has 29 heavy (non-hydrogen) atoms. The number of sulfonamides is 1. The van der Waals surface area contributed by atoms with Gasteiger partial charge in [-0.1, -0.05) is 24.3 Å². The van der Waals surface area contributed by atoms with Gasteiger partial charge in [-0.3, -0.25) is 0 Å². The van der Waals surface area contributed by atoms with Gasteiger partial charge < -0.3 is 14.2 Å². The molecule has 1 aliphatic rings. The first-order valence-electron chi connectivity index (χ1n) is 9.86. The lowest BCUT2D eigenvalue weighted by Gasteiger charge is -2.38. The molecule has 1 N–H and O–H groups in total. The summed E-state index contributed by atoms with van der Waals surface area (Å²) in [6.45, 7) is 5.52. The zero-order valence-electron chi connectivity index (χ0n) is 17.2. The van der Waals surface area contributed by atoms with E-state index >= 15 is 0 Å². The summed E-state index contributed by atoms with van der Waals surface area (Å²) in [5.74, 6) is 1.13. The maximum atomic E-state index is 13.2. The Labute approximate surface area is 173 Å². The van der Waals surface area contributed by atoms with Gasteiger partial charge >= 0.3 is 0 Å². The zero-order chi connectivity index (χ0) is 20.9. The van der Waals surface area contributed by atoms with Gasteiger partial charge in [0.15, 0.2) is 0 Å². The maximum absolute atomic E-state index is 13.2. The smallest absolute Gasteiger partial charge is 0.244 e. The van der Waals surface area contributed by atoms with Crippen LogP contribution in [0.3, 0.4) is 0 Å². The molecular formula is C22H29NO5S. The minimum atomic E-state index is -3.76. The van der Waals surface area contributed by atoms with Crippen molar-refractivity contribution in [3.05, 3.63) is 53.6 Å². The van der Waals surface area contributed by atoms with Crippen LogP contribution in [0.2, 0.25) is 0 Å². The Morgan fingerprint density at radius 1 is 1.10 bits per heavy atom. The zero-order valence-corrected chi connectivity index (χ0v) is 18.1. The van der Waals surface area contributed by atoms with E-state index in [1.165, 1.54) is 0 Å². The Balaban J connectivity index is 1.93. The highest BCUT2D eigenvalue weighted by Gasteiger charge is 2.38. The quantitative estimate of drug-likeness (QED) is 0.710. The van der Waals surface area contributed by atoms with Crippen LogP contribution >= 0.6 is 0 Å². The van der Waals surface area contributed by atoms with Crippen molar-refractivity contribution < 1.29 is 22.6 Å². The van der Waals surface area contributed by atoms with Crippen LogP contribution in [0.1, 0.15) is 30.9 Å². The van der Waals surface area contributed by atoms with Crippen molar-refractivity contribution in [2.45, 2.75) is 37.0 Å². The third-order valence-electron chi connectivity index (χ3n) is 5.42. The molecule has 3 rings (SSSR count). The molecule has 0 unspecified atom stereocenters. The minimum absolute atomic E-state index is 0.168. The van der Waals surface area contributed by atoms with E-state index in [4.69, 9.17) is 14.2 Å². The molecule has 0 bridgehead atoms. The largest absolute Gasteiger partial charge is 0.496 e. The van der Waals surface area contributed by atoms with Crippen molar-refractivity contribution in [2.24, 2.45) is 0 Å². The average molecular weight is 420 g/mol. The van der Waals surface area contributed by atoms with E-state index in [2.05, 4.69) is 4.72 Å². The van der Waals surface area contributed by atoms with E-state index in [0.29, 0.717) is 38.4 Å². The second-order valence-electron chi connectivity index (χ2n) is 7.30. The molecule has 1 fully saturated rings. The van der Waals surface area contributed by atoms with Crippen LogP contribution in [0, 0.1) is 6.92 Å². The predicted octanol–water partition coefficient (Wildman–Crippen LogP) is 3.43. The van der Waals surface area contributed by atoms with Crippen molar-refractivity contribution in [1.82, 2.24) is 4.72 Å². The van der Waals surface area contributed by atoms with Crippen LogP contribution in [0.15, 0.2) is 47.4 Å². The summed E-state index contributed by atoms with van der Waals surface area (Å²) in [5.41, 5.74) is 1.47. The molecule has 0 spiro atoms. The number of hydrogen-bond donors (Lipinski definition) is 1. The lowest BCUT2D eigenvalue weighted by Crippen LogP contribution is -2.44. The predicted molar refractivity (Wildman–Crippen MR) is 112 cm³/mol. The molecular weight excluding hydrogens is 390 g/mol. The lowest BCUT2D eigenvalue weighted by atomic mass is 9.74. The lowest BCUT2D eigenvalue weighted by molar-refractivity contribution is 0.0508. The van der Waals surface area contributed by atoms with Crippen molar-refractivity contribution in [2.75, 3.05) is 33.5 Å². The number of para-hydroxylation sites is 1. The number of aryl methyl sites for hydroxylation is 1. The highest BCUT2D eigenvalue weighted by Crippen LogP contribution is 2.39. The van der Waals surface area contributed by atoms with Gasteiger partial charge in [-0.2, -0.15) is 0 Å². The van der Waals surface area contributed by atoms with Crippen LogP contribution in [-0.2, 0) is 20.2 Å². The molecule has 158 valence electrons. The highest BCUT2D eigenvalue weighted by molar-refractivity contribution is 7.89. The molecule has 1 saturated heterocycles. The van der Waals surface area contributed by atoms with Crippen molar-refractivity contribution in [1.29, 1.82) is 0 Å². The van der Waals surface area contributed by atoms with Crippen molar-refractivity contribution in [3.8, 4) is 11.5 Å². The van der Waals surface area contributed by atoms with Crippen LogP contribution < -0.4 is 14.2 Å². The fraction of sp³-hybridized carbons (Fsp3) is 0.455. The van der Waals surface area contributed by atoms with Gasteiger partial charge in [0.05, 0.1) is 13.7 Å². The van der Waals surface area contributed by atoms with E-state index in [-0.39, 0.29) is 11.4 Å². The fourth-order valence-electron chi connectivity index (χ4n) is 3.80. The van der Waals surface area contributed by atoms with Crippen LogP contribution in [0.4, 0.5) is 0 Å². The summed E-state index contributed by atoms with van der Waals surface area (Å²) in [5, 5.41) is 0. The summed E-state index contributed by atoms with van der Waals surface area (Å²) in [4.78, 5) is 0.168. The van der Waals surface area contributed by atoms with Crippen molar-refractivity contribution >= 4 is 10.0 Å². The number of benzene rings is 2. The monoisotopic (exact) mass is 419 g/mol. The van der Waals surface area contributed by atoms with Gasteiger partial charge in [-0.25, -0.2) is 13.1 Å². The van der Waals surface area contributed by atoms with E-state index in [1.807, 2.05) is 44.2 Å². The van der Waals surface area contributed by atoms with Crippen LogP contribution in [0.25, 0.3) is 0 Å². The second-order valence-corrected chi connectivity index (χ2v) is 9.04. The van der Waals surface area contributed by atoms with Gasteiger partial charge in [-0.05, 0) is 50.5 Å². The summed E-state index contributed by atoms with van der Waals surface area (Å²) in [6, 6.07) is 13.0. The summed E-state index contributed by atoms with van der Waals surface area (Å²) in [6.07, 6.45) is 1.42. The molecule has 0 radical (unpaired) electrons. The first-order valence-corrected chi connectivity index (χ1v) is 11.3. The normalized spacial score (nSPS) is 16.4. The van der Waals surface area contributed by atoms with Gasteiger partial charge in [-0.15, -0.1) is 0 Å². The number of rotatable bonds is 8. The minimum Gasteiger partial charge on any atom is -0.496 e. The Morgan fingerprint density at radius 3 is 2.52 bits per heavy atom. The molecule has 7 heteroatoms. The Morgan fingerprint density at radius 2 is 1.83 bits per heavy atom. The first-order chi connectivity index (χ1) is 13.9. The van der Waals surface area contributed by atoms with Crippen molar-refractivity contribution in [3.63, 3.8) is 0 Å². The number of ether oxygens (including phenoxy) is 3. The first kappa shape index (κ1) is 21.6. The van der Waals surface area contributed by atoms with Gasteiger partial charge in [0.1, 0.15) is 16.4 Å². The molecule has 1 aliphatic heterocycles. The highest BCUT2D eigenvalue weighted by atomic mass is 32.2. The average Bonchev–Trinajstić information content (AvgIpc) is 2.74. The second kappa shape index (κ2) is 9.15. The molecule has 0 amide bonds. The third-order valence-corrected chi connectivity index (χ3v) is 6.84. The van der Waals surface area contributed by atoms with E-state index < -0.39 is 15.4 Å². The molecule has 0 atom stereocenters. The van der Waals surface area contributed by atoms with Crippen LogP contribution in [0.5, 0.6) is 11.5 Å². The molecule has 0 saturated carbocycles. The SMILES string of the molecule is CCOc1ccc(C)cc1S(=O)(=O)NCC1(c2ccccc2OC)CCOCC1. The topological polar surface area (TPSA) is 73.9 Å². The number of hydrogen-bond acceptors (Lipinski definition) is 5. The maximum Gasteiger partial charge on any atom is 0.244 e. The van der Waals surface area contributed by atoms with E-state index in [1.54, 1.807) is 19.2 Å². The van der Waals surface area contributed by atoms with E-state index in [0.717, 1.165) is 16.9 Å². The summed E-state index contributed by atoms with van der Waals surface area (Å²) in [7, 11) is -2.12. The number of nitrogens with one attached hydrogen (secondary N) is 1. The Kier molecular flexibility index (Phi) is 6.82. The van der Waals surface area contributed by atoms with Gasteiger partial charge in [0.25, 0.3) is 0 Å². The third kappa shape index (κ3) is 4.74. The van der Waals surface area contributed by atoms with Gasteiger partial charge in [0, 0.05) is 30.7 Å². The molecule has 2 aromatic rings. The Hall–Kier alpha value is -2.09. The van der Waals surface area contributed by atoms with Crippen LogP contribution in [-0.4, -0.2) is 41.9 Å². The van der Waals surface area contributed by atoms with Gasteiger partial charge in [0.2, 0.25) is 10.0 Å². The molecule has 0 aromatic heterocycles. The molecule has 6 nitrogen and oxygen atoms in total. The fourth-order valence-corrected chi connectivity index (χ4v) is 5.15. The molecule has 2 aromatic carbocycles. The van der Waals surface area contributed by atoms with E-state index in [9.17, 15) is 8.42 Å². The standard InChI is InChI=1S/C22H29NO5S/c1-4-28-20-10-9-17(2)15-21(20)29(24,25)23-16-22(11-13-27-14-12-22)18-7-5-6-8-19(18)26-3/h5-10,15,23H,4,11-14,16H2,1-3H3.